The average molecular weight is 332 g/mol. The van der Waals surface area contributed by atoms with Gasteiger partial charge in [0.05, 0.1) is 18.1 Å². The first-order chi connectivity index (χ1) is 10.0. The second kappa shape index (κ2) is 5.85. The summed E-state index contributed by atoms with van der Waals surface area (Å²) in [6, 6.07) is 6.26. The first-order valence-electron chi connectivity index (χ1n) is 7.06. The molecule has 3 rings (SSSR count). The largest absolute Gasteiger partial charge is 0.350 e. The zero-order chi connectivity index (χ0) is 14.9. The van der Waals surface area contributed by atoms with Crippen LogP contribution >= 0.6 is 11.6 Å². The monoisotopic (exact) mass is 331 g/mol. The molecule has 1 aromatic rings. The van der Waals surface area contributed by atoms with E-state index in [9.17, 15) is 8.42 Å². The smallest absolute Gasteiger partial charge is 0.243 e. The fourth-order valence-corrected chi connectivity index (χ4v) is 4.30. The molecule has 0 aliphatic carbocycles. The minimum Gasteiger partial charge on any atom is -0.350 e. The van der Waals surface area contributed by atoms with E-state index in [4.69, 9.17) is 21.1 Å². The van der Waals surface area contributed by atoms with Gasteiger partial charge in [0.25, 0.3) is 0 Å². The third-order valence-corrected chi connectivity index (χ3v) is 6.12. The molecule has 2 heterocycles. The van der Waals surface area contributed by atoms with E-state index in [1.807, 2.05) is 0 Å². The molecule has 2 saturated heterocycles. The number of nitrogens with zero attached hydrogens (tertiary/aromatic N) is 1. The van der Waals surface area contributed by atoms with Gasteiger partial charge in [-0.15, -0.1) is 0 Å². The maximum Gasteiger partial charge on any atom is 0.243 e. The minimum absolute atomic E-state index is 0.272. The number of benzene rings is 1. The van der Waals surface area contributed by atoms with Crippen LogP contribution in [0.3, 0.4) is 0 Å². The summed E-state index contributed by atoms with van der Waals surface area (Å²) >= 11 is 5.80. The van der Waals surface area contributed by atoms with Crippen LogP contribution in [0.5, 0.6) is 0 Å². The van der Waals surface area contributed by atoms with Crippen molar-refractivity contribution in [3.8, 4) is 0 Å². The van der Waals surface area contributed by atoms with Crippen molar-refractivity contribution in [2.75, 3.05) is 26.3 Å². The molecule has 1 aromatic carbocycles. The topological polar surface area (TPSA) is 55.8 Å². The Bertz CT molecular complexity index is 586. The maximum atomic E-state index is 12.6. The Morgan fingerprint density at radius 2 is 1.62 bits per heavy atom. The van der Waals surface area contributed by atoms with Crippen molar-refractivity contribution < 1.29 is 17.9 Å². The molecule has 0 unspecified atom stereocenters. The third-order valence-electron chi connectivity index (χ3n) is 3.95. The lowest BCUT2D eigenvalue weighted by Crippen LogP contribution is -2.51. The highest BCUT2D eigenvalue weighted by atomic mass is 35.5. The van der Waals surface area contributed by atoms with E-state index in [1.165, 1.54) is 16.4 Å². The first-order valence-corrected chi connectivity index (χ1v) is 8.87. The number of hydrogen-bond acceptors (Lipinski definition) is 4. The van der Waals surface area contributed by atoms with Gasteiger partial charge < -0.3 is 9.47 Å². The van der Waals surface area contributed by atoms with E-state index in [0.29, 0.717) is 44.2 Å². The lowest BCUT2D eigenvalue weighted by molar-refractivity contribution is -0.280. The molecule has 0 amide bonds. The van der Waals surface area contributed by atoms with Crippen molar-refractivity contribution in [2.45, 2.75) is 29.9 Å². The Morgan fingerprint density at radius 3 is 2.19 bits per heavy atom. The standard InChI is InChI=1S/C14H18ClNO4S/c15-12-2-4-13(5-3-12)21(17,18)16-8-6-14(7-9-16)19-10-1-11-20-14/h2-5H,1,6-11H2. The molecule has 2 fully saturated rings. The molecule has 0 saturated carbocycles. The van der Waals surface area contributed by atoms with E-state index in [2.05, 4.69) is 0 Å². The Kier molecular flexibility index (Phi) is 4.25. The molecule has 0 N–H and O–H groups in total. The number of sulfonamides is 1. The van der Waals surface area contributed by atoms with Gasteiger partial charge in [-0.25, -0.2) is 8.42 Å². The molecule has 0 aromatic heterocycles. The Balaban J connectivity index is 1.72. The van der Waals surface area contributed by atoms with Crippen LogP contribution in [-0.2, 0) is 19.5 Å². The van der Waals surface area contributed by atoms with Gasteiger partial charge in [-0.1, -0.05) is 11.6 Å². The molecular formula is C14H18ClNO4S. The van der Waals surface area contributed by atoms with Gasteiger partial charge in [-0.05, 0) is 30.7 Å². The Labute approximate surface area is 129 Å². The minimum atomic E-state index is -3.47. The zero-order valence-electron chi connectivity index (χ0n) is 11.6. The van der Waals surface area contributed by atoms with E-state index in [-0.39, 0.29) is 4.90 Å². The van der Waals surface area contributed by atoms with Crippen LogP contribution < -0.4 is 0 Å². The third kappa shape index (κ3) is 3.10. The lowest BCUT2D eigenvalue weighted by atomic mass is 10.0. The molecule has 1 spiro atoms. The van der Waals surface area contributed by atoms with Gasteiger partial charge in [-0.2, -0.15) is 4.31 Å². The summed E-state index contributed by atoms with van der Waals surface area (Å²) < 4.78 is 38.1. The van der Waals surface area contributed by atoms with Gasteiger partial charge in [0, 0.05) is 31.0 Å². The fraction of sp³-hybridized carbons (Fsp3) is 0.571. The Morgan fingerprint density at radius 1 is 1.05 bits per heavy atom. The first kappa shape index (κ1) is 15.2. The summed E-state index contributed by atoms with van der Waals surface area (Å²) in [7, 11) is -3.47. The van der Waals surface area contributed by atoms with Crippen LogP contribution in [-0.4, -0.2) is 44.8 Å². The van der Waals surface area contributed by atoms with Crippen LogP contribution in [0.1, 0.15) is 19.3 Å². The average Bonchev–Trinajstić information content (AvgIpc) is 2.49. The van der Waals surface area contributed by atoms with Gasteiger partial charge in [0.15, 0.2) is 5.79 Å². The summed E-state index contributed by atoms with van der Waals surface area (Å²) in [5.74, 6) is -0.579. The highest BCUT2D eigenvalue weighted by molar-refractivity contribution is 7.89. The van der Waals surface area contributed by atoms with E-state index < -0.39 is 15.8 Å². The summed E-state index contributed by atoms with van der Waals surface area (Å²) in [6.45, 7) is 2.18. The maximum absolute atomic E-state index is 12.6. The lowest BCUT2D eigenvalue weighted by Gasteiger charge is -2.42. The van der Waals surface area contributed by atoms with Crippen LogP contribution in [0.25, 0.3) is 0 Å². The van der Waals surface area contributed by atoms with E-state index in [1.54, 1.807) is 12.1 Å². The molecule has 2 aliphatic heterocycles. The van der Waals surface area contributed by atoms with Crippen LogP contribution in [0.2, 0.25) is 5.02 Å². The SMILES string of the molecule is O=S(=O)(c1ccc(Cl)cc1)N1CCC2(CC1)OCCCO2. The predicted molar refractivity (Wildman–Crippen MR) is 78.7 cm³/mol. The van der Waals surface area contributed by atoms with Crippen molar-refractivity contribution >= 4 is 21.6 Å². The van der Waals surface area contributed by atoms with Gasteiger partial charge >= 0.3 is 0 Å². The normalized spacial score (nSPS) is 23.3. The molecule has 5 nitrogen and oxygen atoms in total. The predicted octanol–water partition coefficient (Wildman–Crippen LogP) is 2.26. The molecular weight excluding hydrogens is 314 g/mol. The van der Waals surface area contributed by atoms with Crippen LogP contribution in [0.15, 0.2) is 29.2 Å². The molecule has 7 heteroatoms. The zero-order valence-corrected chi connectivity index (χ0v) is 13.2. The summed E-state index contributed by atoms with van der Waals surface area (Å²) in [6.07, 6.45) is 2.04. The molecule has 2 aliphatic rings. The number of hydrogen-bond donors (Lipinski definition) is 0. The van der Waals surface area contributed by atoms with E-state index >= 15 is 0 Å². The van der Waals surface area contributed by atoms with Crippen LogP contribution in [0.4, 0.5) is 0 Å². The van der Waals surface area contributed by atoms with Crippen LogP contribution in [0, 0.1) is 0 Å². The van der Waals surface area contributed by atoms with Gasteiger partial charge in [-0.3, -0.25) is 0 Å². The second-order valence-electron chi connectivity index (χ2n) is 5.32. The van der Waals surface area contributed by atoms with Crippen molar-refractivity contribution in [3.05, 3.63) is 29.3 Å². The van der Waals surface area contributed by atoms with Crippen molar-refractivity contribution in [1.29, 1.82) is 0 Å². The summed E-state index contributed by atoms with van der Waals surface area (Å²) in [4.78, 5) is 0.272. The van der Waals surface area contributed by atoms with Crippen molar-refractivity contribution in [3.63, 3.8) is 0 Å². The number of rotatable bonds is 2. The number of halogens is 1. The van der Waals surface area contributed by atoms with Crippen molar-refractivity contribution in [1.82, 2.24) is 4.31 Å². The Hall–Kier alpha value is -0.660. The quantitative estimate of drug-likeness (QED) is 0.834. The number of ether oxygens (including phenoxy) is 2. The highest BCUT2D eigenvalue weighted by Crippen LogP contribution is 2.33. The van der Waals surface area contributed by atoms with Gasteiger partial charge in [0.2, 0.25) is 10.0 Å². The second-order valence-corrected chi connectivity index (χ2v) is 7.69. The van der Waals surface area contributed by atoms with E-state index in [0.717, 1.165) is 6.42 Å². The van der Waals surface area contributed by atoms with Gasteiger partial charge in [0.1, 0.15) is 0 Å². The molecule has 0 radical (unpaired) electrons. The summed E-state index contributed by atoms with van der Waals surface area (Å²) in [5, 5.41) is 0.524. The molecule has 21 heavy (non-hydrogen) atoms. The number of piperidine rings is 1. The molecule has 0 bridgehead atoms. The van der Waals surface area contributed by atoms with Crippen molar-refractivity contribution in [2.24, 2.45) is 0 Å². The molecule has 0 atom stereocenters. The summed E-state index contributed by atoms with van der Waals surface area (Å²) in [5.41, 5.74) is 0. The highest BCUT2D eigenvalue weighted by Gasteiger charge is 2.41. The fourth-order valence-electron chi connectivity index (χ4n) is 2.73. The molecule has 116 valence electrons.